The first-order valence-corrected chi connectivity index (χ1v) is 8.32. The van der Waals surface area contributed by atoms with Crippen LogP contribution in [0.1, 0.15) is 22.8 Å². The molecule has 0 aliphatic heterocycles. The zero-order chi connectivity index (χ0) is 16.9. The van der Waals surface area contributed by atoms with E-state index in [1.807, 2.05) is 31.2 Å². The van der Waals surface area contributed by atoms with Gasteiger partial charge in [0.1, 0.15) is 0 Å². The van der Waals surface area contributed by atoms with Crippen LogP contribution >= 0.6 is 11.8 Å². The fourth-order valence-electron chi connectivity index (χ4n) is 2.22. The fraction of sp³-hybridized carbons (Fsp3) is 0.176. The fourth-order valence-corrected chi connectivity index (χ4v) is 3.08. The molecule has 0 saturated heterocycles. The highest BCUT2D eigenvalue weighted by Gasteiger charge is 2.13. The Hall–Kier alpha value is -2.69. The van der Waals surface area contributed by atoms with Gasteiger partial charge in [-0.1, -0.05) is 36.0 Å². The Morgan fingerprint density at radius 1 is 1.25 bits per heavy atom. The molecule has 0 radical (unpaired) electrons. The second kappa shape index (κ2) is 7.25. The summed E-state index contributed by atoms with van der Waals surface area (Å²) in [6, 6.07) is 16.9. The second-order valence-electron chi connectivity index (χ2n) is 5.27. The number of aliphatic hydroxyl groups is 1. The van der Waals surface area contributed by atoms with Gasteiger partial charge in [0, 0.05) is 5.75 Å². The van der Waals surface area contributed by atoms with E-state index in [2.05, 4.69) is 21.6 Å². The van der Waals surface area contributed by atoms with Gasteiger partial charge < -0.3 is 5.11 Å². The quantitative estimate of drug-likeness (QED) is 0.720. The Kier molecular flexibility index (Phi) is 4.89. The van der Waals surface area contributed by atoms with Crippen LogP contribution in [0.15, 0.2) is 53.7 Å². The van der Waals surface area contributed by atoms with Gasteiger partial charge in [0.2, 0.25) is 5.16 Å². The average molecular weight is 337 g/mol. The van der Waals surface area contributed by atoms with Crippen LogP contribution in [0.3, 0.4) is 0 Å². The van der Waals surface area contributed by atoms with E-state index >= 15 is 0 Å². The molecule has 1 heterocycles. The number of hydrogen-bond acceptors (Lipinski definition) is 6. The Morgan fingerprint density at radius 2 is 2.04 bits per heavy atom. The molecule has 3 rings (SSSR count). The van der Waals surface area contributed by atoms with E-state index in [4.69, 9.17) is 5.26 Å². The average Bonchev–Trinajstić information content (AvgIpc) is 3.08. The van der Waals surface area contributed by atoms with E-state index in [0.29, 0.717) is 16.5 Å². The van der Waals surface area contributed by atoms with Gasteiger partial charge in [-0.3, -0.25) is 0 Å². The third-order valence-corrected chi connectivity index (χ3v) is 4.48. The third kappa shape index (κ3) is 3.62. The summed E-state index contributed by atoms with van der Waals surface area (Å²) in [4.78, 5) is 0. The maximum absolute atomic E-state index is 10.3. The van der Waals surface area contributed by atoms with Crippen molar-refractivity contribution in [1.29, 1.82) is 5.26 Å². The van der Waals surface area contributed by atoms with Gasteiger partial charge in [-0.25, -0.2) is 0 Å². The first kappa shape index (κ1) is 16.2. The molecule has 1 unspecified atom stereocenters. The van der Waals surface area contributed by atoms with Crippen LogP contribution in [0.4, 0.5) is 0 Å². The van der Waals surface area contributed by atoms with Crippen molar-refractivity contribution in [2.75, 3.05) is 5.75 Å². The number of rotatable bonds is 5. The van der Waals surface area contributed by atoms with Crippen LogP contribution in [-0.2, 0) is 0 Å². The molecule has 2 aromatic carbocycles. The highest BCUT2D eigenvalue weighted by molar-refractivity contribution is 7.99. The lowest BCUT2D eigenvalue weighted by Crippen LogP contribution is -2.04. The van der Waals surface area contributed by atoms with Crippen LogP contribution < -0.4 is 0 Å². The lowest BCUT2D eigenvalue weighted by Gasteiger charge is -2.10. The maximum Gasteiger partial charge on any atom is 0.214 e. The molecule has 0 saturated carbocycles. The van der Waals surface area contributed by atoms with Gasteiger partial charge in [-0.2, -0.15) is 9.94 Å². The molecule has 1 atom stereocenters. The number of tetrazole rings is 1. The molecule has 0 fully saturated rings. The van der Waals surface area contributed by atoms with E-state index in [-0.39, 0.29) is 0 Å². The summed E-state index contributed by atoms with van der Waals surface area (Å²) in [7, 11) is 0. The Bertz CT molecular complexity index is 869. The molecule has 6 nitrogen and oxygen atoms in total. The number of nitrogens with zero attached hydrogens (tertiary/aromatic N) is 5. The number of aliphatic hydroxyl groups excluding tert-OH is 1. The van der Waals surface area contributed by atoms with Crippen molar-refractivity contribution in [3.8, 4) is 11.8 Å². The van der Waals surface area contributed by atoms with E-state index in [1.165, 1.54) is 11.8 Å². The molecule has 1 N–H and O–H groups in total. The Morgan fingerprint density at radius 3 is 2.75 bits per heavy atom. The summed E-state index contributed by atoms with van der Waals surface area (Å²) in [6.45, 7) is 2.01. The topological polar surface area (TPSA) is 87.6 Å². The van der Waals surface area contributed by atoms with Crippen LogP contribution in [0.5, 0.6) is 0 Å². The normalized spacial score (nSPS) is 11.9. The summed E-state index contributed by atoms with van der Waals surface area (Å²) in [5, 5.41) is 31.5. The smallest absolute Gasteiger partial charge is 0.214 e. The molecule has 1 aromatic heterocycles. The molecule has 24 heavy (non-hydrogen) atoms. The van der Waals surface area contributed by atoms with Gasteiger partial charge in [0.25, 0.3) is 0 Å². The van der Waals surface area contributed by atoms with E-state index in [0.717, 1.165) is 16.8 Å². The van der Waals surface area contributed by atoms with E-state index in [1.54, 1.807) is 28.9 Å². The zero-order valence-corrected chi connectivity index (χ0v) is 13.8. The number of nitriles is 1. The number of aromatic nitrogens is 4. The number of benzene rings is 2. The number of hydrogen-bond donors (Lipinski definition) is 1. The highest BCUT2D eigenvalue weighted by atomic mass is 32.2. The minimum Gasteiger partial charge on any atom is -0.388 e. The van der Waals surface area contributed by atoms with Crippen molar-refractivity contribution in [2.45, 2.75) is 18.2 Å². The molecule has 0 aliphatic carbocycles. The van der Waals surface area contributed by atoms with Crippen molar-refractivity contribution in [1.82, 2.24) is 20.2 Å². The van der Waals surface area contributed by atoms with Crippen LogP contribution in [0, 0.1) is 18.3 Å². The van der Waals surface area contributed by atoms with Crippen LogP contribution in [0.2, 0.25) is 0 Å². The Balaban J connectivity index is 1.71. The van der Waals surface area contributed by atoms with Gasteiger partial charge in [0.05, 0.1) is 23.4 Å². The summed E-state index contributed by atoms with van der Waals surface area (Å²) in [5.74, 6) is 0.415. The van der Waals surface area contributed by atoms with Gasteiger partial charge >= 0.3 is 0 Å². The summed E-state index contributed by atoms with van der Waals surface area (Å²) in [6.07, 6.45) is -0.662. The van der Waals surface area contributed by atoms with Gasteiger partial charge in [-0.05, 0) is 52.7 Å². The van der Waals surface area contributed by atoms with Crippen molar-refractivity contribution in [3.05, 3.63) is 65.2 Å². The van der Waals surface area contributed by atoms with Crippen LogP contribution in [-0.4, -0.2) is 31.1 Å². The second-order valence-corrected chi connectivity index (χ2v) is 6.26. The molecule has 0 amide bonds. The monoisotopic (exact) mass is 337 g/mol. The lowest BCUT2D eigenvalue weighted by molar-refractivity contribution is 0.204. The third-order valence-electron chi connectivity index (χ3n) is 3.48. The van der Waals surface area contributed by atoms with Crippen LogP contribution in [0.25, 0.3) is 5.69 Å². The largest absolute Gasteiger partial charge is 0.388 e. The molecular formula is C17H15N5OS. The zero-order valence-electron chi connectivity index (χ0n) is 13.0. The SMILES string of the molecule is Cc1cccc(-n2nnnc2SCC(O)c2ccc(C#N)cc2)c1. The molecule has 3 aromatic rings. The molecule has 120 valence electrons. The van der Waals surface area contributed by atoms with Gasteiger partial charge in [0.15, 0.2) is 0 Å². The molecule has 0 bridgehead atoms. The predicted molar refractivity (Wildman–Crippen MR) is 90.7 cm³/mol. The summed E-state index contributed by atoms with van der Waals surface area (Å²) < 4.78 is 1.66. The molecule has 0 spiro atoms. The first-order chi connectivity index (χ1) is 11.7. The molecule has 7 heteroatoms. The minimum absolute atomic E-state index is 0.415. The Labute approximate surface area is 143 Å². The lowest BCUT2D eigenvalue weighted by atomic mass is 10.1. The summed E-state index contributed by atoms with van der Waals surface area (Å²) >= 11 is 1.38. The number of aryl methyl sites for hydroxylation is 1. The predicted octanol–water partition coefficient (Wildman–Crippen LogP) is 2.67. The first-order valence-electron chi connectivity index (χ1n) is 7.34. The molecule has 0 aliphatic rings. The van der Waals surface area contributed by atoms with E-state index in [9.17, 15) is 5.11 Å². The standard InChI is InChI=1S/C17H15N5OS/c1-12-3-2-4-15(9-12)22-17(19-20-21-22)24-11-16(23)14-7-5-13(10-18)6-8-14/h2-9,16,23H,11H2,1H3. The number of thioether (sulfide) groups is 1. The maximum atomic E-state index is 10.3. The summed E-state index contributed by atoms with van der Waals surface area (Å²) in [5.41, 5.74) is 3.34. The van der Waals surface area contributed by atoms with E-state index < -0.39 is 6.10 Å². The van der Waals surface area contributed by atoms with Crippen molar-refractivity contribution < 1.29 is 5.11 Å². The highest BCUT2D eigenvalue weighted by Crippen LogP contribution is 2.24. The van der Waals surface area contributed by atoms with Crippen molar-refractivity contribution in [2.24, 2.45) is 0 Å². The van der Waals surface area contributed by atoms with Crippen molar-refractivity contribution >= 4 is 11.8 Å². The molecular weight excluding hydrogens is 322 g/mol. The minimum atomic E-state index is -0.662. The van der Waals surface area contributed by atoms with Crippen molar-refractivity contribution in [3.63, 3.8) is 0 Å². The van der Waals surface area contributed by atoms with Gasteiger partial charge in [-0.15, -0.1) is 5.10 Å².